The molecule has 0 amide bonds. The van der Waals surface area contributed by atoms with E-state index in [1.807, 2.05) is 24.3 Å². The third-order valence-corrected chi connectivity index (χ3v) is 6.47. The minimum Gasteiger partial charge on any atom is -0.468 e. The number of hydrogen-bond acceptors (Lipinski definition) is 4. The Balaban J connectivity index is 1.73. The van der Waals surface area contributed by atoms with Crippen LogP contribution < -0.4 is 4.72 Å². The molecule has 1 unspecified atom stereocenters. The second kappa shape index (κ2) is 8.37. The van der Waals surface area contributed by atoms with Crippen molar-refractivity contribution in [3.8, 4) is 0 Å². The number of nitrogens with one attached hydrogen (secondary N) is 1. The Morgan fingerprint density at radius 2 is 1.77 bits per heavy atom. The molecule has 1 aromatic carbocycles. The molecule has 1 aromatic heterocycles. The number of rotatable bonds is 7. The highest BCUT2D eigenvalue weighted by Gasteiger charge is 2.26. The topological polar surface area (TPSA) is 62.6 Å². The first-order valence-electron chi connectivity index (χ1n) is 9.34. The second-order valence-corrected chi connectivity index (χ2v) is 8.97. The number of hydrogen-bond donors (Lipinski definition) is 1. The lowest BCUT2D eigenvalue weighted by Crippen LogP contribution is -2.40. The zero-order valence-electron chi connectivity index (χ0n) is 15.5. The summed E-state index contributed by atoms with van der Waals surface area (Å²) < 4.78 is 33.8. The van der Waals surface area contributed by atoms with E-state index in [4.69, 9.17) is 4.42 Å². The van der Waals surface area contributed by atoms with Crippen LogP contribution in [-0.2, 0) is 10.0 Å². The number of piperidine rings is 1. The highest BCUT2D eigenvalue weighted by molar-refractivity contribution is 7.89. The Morgan fingerprint density at radius 3 is 2.35 bits per heavy atom. The van der Waals surface area contributed by atoms with Gasteiger partial charge in [-0.25, -0.2) is 13.1 Å². The molecule has 1 aliphatic heterocycles. The molecule has 1 N–H and O–H groups in total. The van der Waals surface area contributed by atoms with Gasteiger partial charge in [0.1, 0.15) is 5.76 Å². The largest absolute Gasteiger partial charge is 0.468 e. The predicted octanol–water partition coefficient (Wildman–Crippen LogP) is 3.91. The molecule has 1 aliphatic rings. The van der Waals surface area contributed by atoms with Crippen molar-refractivity contribution < 1.29 is 12.8 Å². The standard InChI is InChI=1S/C20H28N2O3S/c1-16(2)17-8-10-18(11-9-17)26(23,24)21-15-19(20-7-6-14-25-20)22-12-4-3-5-13-22/h6-11,14,16,19,21H,3-5,12-13,15H2,1-2H3. The van der Waals surface area contributed by atoms with Gasteiger partial charge in [0.15, 0.2) is 0 Å². The summed E-state index contributed by atoms with van der Waals surface area (Å²) in [5.41, 5.74) is 1.13. The summed E-state index contributed by atoms with van der Waals surface area (Å²) in [5, 5.41) is 0. The molecule has 2 aromatic rings. The molecular formula is C20H28N2O3S. The normalized spacial score (nSPS) is 17.5. The fourth-order valence-electron chi connectivity index (χ4n) is 3.42. The van der Waals surface area contributed by atoms with E-state index in [2.05, 4.69) is 23.5 Å². The molecule has 0 spiro atoms. The van der Waals surface area contributed by atoms with E-state index in [1.165, 1.54) is 6.42 Å². The quantitative estimate of drug-likeness (QED) is 0.796. The van der Waals surface area contributed by atoms with Crippen LogP contribution in [0.15, 0.2) is 52.0 Å². The molecule has 26 heavy (non-hydrogen) atoms. The lowest BCUT2D eigenvalue weighted by Gasteiger charge is -2.33. The van der Waals surface area contributed by atoms with Crippen molar-refractivity contribution in [3.63, 3.8) is 0 Å². The van der Waals surface area contributed by atoms with Crippen molar-refractivity contribution in [1.82, 2.24) is 9.62 Å². The first-order valence-corrected chi connectivity index (χ1v) is 10.8. The minimum absolute atomic E-state index is 0.0741. The maximum absolute atomic E-state index is 12.7. The van der Waals surface area contributed by atoms with Crippen molar-refractivity contribution in [2.75, 3.05) is 19.6 Å². The summed E-state index contributed by atoms with van der Waals surface area (Å²) in [6.45, 7) is 6.43. The summed E-state index contributed by atoms with van der Waals surface area (Å²) in [6.07, 6.45) is 5.15. The van der Waals surface area contributed by atoms with Gasteiger partial charge in [-0.05, 0) is 61.7 Å². The van der Waals surface area contributed by atoms with Gasteiger partial charge in [-0.3, -0.25) is 4.90 Å². The maximum atomic E-state index is 12.7. The summed E-state index contributed by atoms with van der Waals surface area (Å²) in [6, 6.07) is 10.8. The number of likely N-dealkylation sites (tertiary alicyclic amines) is 1. The zero-order chi connectivity index (χ0) is 18.6. The van der Waals surface area contributed by atoms with Gasteiger partial charge in [0.05, 0.1) is 17.2 Å². The Hall–Kier alpha value is -1.63. The zero-order valence-corrected chi connectivity index (χ0v) is 16.3. The molecule has 1 saturated heterocycles. The number of furan rings is 1. The van der Waals surface area contributed by atoms with Crippen molar-refractivity contribution in [3.05, 3.63) is 54.0 Å². The summed E-state index contributed by atoms with van der Waals surface area (Å²) >= 11 is 0. The van der Waals surface area contributed by atoms with Crippen molar-refractivity contribution in [2.45, 2.75) is 50.0 Å². The number of sulfonamides is 1. The Kier molecular flexibility index (Phi) is 6.16. The number of nitrogens with zero attached hydrogens (tertiary/aromatic N) is 1. The monoisotopic (exact) mass is 376 g/mol. The molecule has 0 aliphatic carbocycles. The van der Waals surface area contributed by atoms with Gasteiger partial charge in [-0.2, -0.15) is 0 Å². The molecule has 1 atom stereocenters. The van der Waals surface area contributed by atoms with Gasteiger partial charge in [-0.15, -0.1) is 0 Å². The molecule has 3 rings (SSSR count). The van der Waals surface area contributed by atoms with E-state index in [1.54, 1.807) is 18.4 Å². The molecule has 2 heterocycles. The van der Waals surface area contributed by atoms with Crippen LogP contribution in [0.25, 0.3) is 0 Å². The van der Waals surface area contributed by atoms with Crippen LogP contribution in [0.4, 0.5) is 0 Å². The van der Waals surface area contributed by atoms with Gasteiger partial charge in [-0.1, -0.05) is 32.4 Å². The molecule has 1 fully saturated rings. The molecule has 142 valence electrons. The van der Waals surface area contributed by atoms with Crippen molar-refractivity contribution in [1.29, 1.82) is 0 Å². The first kappa shape index (κ1) is 19.1. The van der Waals surface area contributed by atoms with Crippen LogP contribution in [0.5, 0.6) is 0 Å². The molecule has 0 saturated carbocycles. The van der Waals surface area contributed by atoms with Gasteiger partial charge in [0.25, 0.3) is 0 Å². The summed E-state index contributed by atoms with van der Waals surface area (Å²) in [5.74, 6) is 1.19. The maximum Gasteiger partial charge on any atom is 0.240 e. The third-order valence-electron chi connectivity index (χ3n) is 5.03. The van der Waals surface area contributed by atoms with Gasteiger partial charge in [0.2, 0.25) is 10.0 Å². The van der Waals surface area contributed by atoms with Gasteiger partial charge >= 0.3 is 0 Å². The SMILES string of the molecule is CC(C)c1ccc(S(=O)(=O)NCC(c2ccco2)N2CCCCC2)cc1. The van der Waals surface area contributed by atoms with Crippen LogP contribution in [0.2, 0.25) is 0 Å². The van der Waals surface area contributed by atoms with Crippen molar-refractivity contribution in [2.24, 2.45) is 0 Å². The second-order valence-electron chi connectivity index (χ2n) is 7.20. The van der Waals surface area contributed by atoms with E-state index in [-0.39, 0.29) is 6.04 Å². The van der Waals surface area contributed by atoms with Crippen LogP contribution in [-0.4, -0.2) is 33.0 Å². The van der Waals surface area contributed by atoms with Gasteiger partial charge < -0.3 is 4.42 Å². The van der Waals surface area contributed by atoms with Crippen LogP contribution in [0.3, 0.4) is 0 Å². The minimum atomic E-state index is -3.55. The van der Waals surface area contributed by atoms with Crippen LogP contribution in [0.1, 0.15) is 56.4 Å². The molecule has 0 radical (unpaired) electrons. The lowest BCUT2D eigenvalue weighted by molar-refractivity contribution is 0.147. The summed E-state index contributed by atoms with van der Waals surface area (Å²) in [7, 11) is -3.55. The summed E-state index contributed by atoms with van der Waals surface area (Å²) in [4.78, 5) is 2.62. The fourth-order valence-corrected chi connectivity index (χ4v) is 4.46. The molecule has 5 nitrogen and oxygen atoms in total. The Labute approximate surface area is 156 Å². The highest BCUT2D eigenvalue weighted by atomic mass is 32.2. The Bertz CT molecular complexity index is 777. The lowest BCUT2D eigenvalue weighted by atomic mass is 10.0. The van der Waals surface area contributed by atoms with E-state index in [0.717, 1.165) is 37.3 Å². The van der Waals surface area contributed by atoms with Crippen molar-refractivity contribution >= 4 is 10.0 Å². The van der Waals surface area contributed by atoms with Crippen LogP contribution >= 0.6 is 0 Å². The van der Waals surface area contributed by atoms with Gasteiger partial charge in [0, 0.05) is 6.54 Å². The van der Waals surface area contributed by atoms with E-state index in [0.29, 0.717) is 17.4 Å². The molecule has 6 heteroatoms. The predicted molar refractivity (Wildman–Crippen MR) is 103 cm³/mol. The fraction of sp³-hybridized carbons (Fsp3) is 0.500. The van der Waals surface area contributed by atoms with E-state index >= 15 is 0 Å². The Morgan fingerprint density at radius 1 is 1.08 bits per heavy atom. The van der Waals surface area contributed by atoms with E-state index in [9.17, 15) is 8.42 Å². The number of benzene rings is 1. The highest BCUT2D eigenvalue weighted by Crippen LogP contribution is 2.25. The molecule has 0 bridgehead atoms. The first-order chi connectivity index (χ1) is 12.5. The average Bonchev–Trinajstić information content (AvgIpc) is 3.17. The van der Waals surface area contributed by atoms with Crippen LogP contribution in [0, 0.1) is 0 Å². The third kappa shape index (κ3) is 4.55. The molecular weight excluding hydrogens is 348 g/mol. The smallest absolute Gasteiger partial charge is 0.240 e. The van der Waals surface area contributed by atoms with E-state index < -0.39 is 10.0 Å². The average molecular weight is 377 g/mol.